The van der Waals surface area contributed by atoms with Gasteiger partial charge in [-0.15, -0.1) is 0 Å². The number of amides is 1. The predicted molar refractivity (Wildman–Crippen MR) is 74.5 cm³/mol. The van der Waals surface area contributed by atoms with Crippen LogP contribution in [0.25, 0.3) is 0 Å². The summed E-state index contributed by atoms with van der Waals surface area (Å²) in [5.74, 6) is -0.254. The largest absolute Gasteiger partial charge is 0.284 e. The van der Waals surface area contributed by atoms with Crippen LogP contribution in [0.4, 0.5) is 11.4 Å². The number of hydrogen-bond donors (Lipinski definition) is 1. The van der Waals surface area contributed by atoms with E-state index in [0.29, 0.717) is 0 Å². The molecule has 5 heteroatoms. The van der Waals surface area contributed by atoms with E-state index in [1.165, 1.54) is 6.21 Å². The lowest BCUT2D eigenvalue weighted by molar-refractivity contribution is -0.114. The fourth-order valence-electron chi connectivity index (χ4n) is 1.83. The molecule has 1 amide bonds. The molecule has 0 aromatic heterocycles. The Kier molecular flexibility index (Phi) is 2.86. The van der Waals surface area contributed by atoms with Gasteiger partial charge in [-0.05, 0) is 24.3 Å². The van der Waals surface area contributed by atoms with Gasteiger partial charge in [-0.25, -0.2) is 5.43 Å². The number of anilines is 2. The minimum absolute atomic E-state index is 0.254. The van der Waals surface area contributed by atoms with Gasteiger partial charge in [0.05, 0.1) is 11.4 Å². The van der Waals surface area contributed by atoms with E-state index in [2.05, 4.69) is 10.5 Å². The molecule has 0 aliphatic carbocycles. The maximum Gasteiger partial charge on any atom is 0.284 e. The van der Waals surface area contributed by atoms with Gasteiger partial charge < -0.3 is 0 Å². The molecule has 0 radical (unpaired) electrons. The monoisotopic (exact) mass is 252 g/mol. The third-order valence-corrected chi connectivity index (χ3v) is 2.68. The second-order valence-electron chi connectivity index (χ2n) is 3.99. The average Bonchev–Trinajstić information content (AvgIpc) is 2.49. The smallest absolute Gasteiger partial charge is 0.266 e. The molecule has 0 saturated heterocycles. The van der Waals surface area contributed by atoms with Crippen molar-refractivity contribution in [2.45, 2.75) is 0 Å². The van der Waals surface area contributed by atoms with Crippen molar-refractivity contribution >= 4 is 23.5 Å². The minimum atomic E-state index is -0.254. The predicted octanol–water partition coefficient (Wildman–Crippen LogP) is 1.95. The molecule has 5 nitrogen and oxygen atoms in total. The zero-order valence-corrected chi connectivity index (χ0v) is 10.1. The van der Waals surface area contributed by atoms with Crippen LogP contribution in [0.3, 0.4) is 0 Å². The molecular formula is C14H12N4O. The van der Waals surface area contributed by atoms with Crippen LogP contribution in [0.2, 0.25) is 0 Å². The van der Waals surface area contributed by atoms with Crippen LogP contribution < -0.4 is 15.7 Å². The first kappa shape index (κ1) is 11.3. The molecule has 0 bridgehead atoms. The van der Waals surface area contributed by atoms with Crippen molar-refractivity contribution in [2.24, 2.45) is 5.10 Å². The molecule has 1 N–H and O–H groups in total. The molecule has 0 unspecified atom stereocenters. The topological polar surface area (TPSA) is 47.9 Å². The van der Waals surface area contributed by atoms with Gasteiger partial charge in [0.25, 0.3) is 5.91 Å². The normalized spacial score (nSPS) is 14.4. The van der Waals surface area contributed by atoms with Crippen LogP contribution in [-0.4, -0.2) is 12.1 Å². The summed E-state index contributed by atoms with van der Waals surface area (Å²) >= 11 is 0. The van der Waals surface area contributed by atoms with E-state index >= 15 is 0 Å². The van der Waals surface area contributed by atoms with Crippen molar-refractivity contribution in [3.8, 4) is 0 Å². The number of nitrogens with zero attached hydrogens (tertiary/aromatic N) is 3. The zero-order valence-electron chi connectivity index (χ0n) is 10.1. The Morgan fingerprint density at radius 1 is 0.842 bits per heavy atom. The maximum atomic E-state index is 11.5. The molecule has 19 heavy (non-hydrogen) atoms. The molecule has 1 aliphatic rings. The van der Waals surface area contributed by atoms with E-state index in [9.17, 15) is 4.79 Å². The molecule has 2 aromatic carbocycles. The first-order chi connectivity index (χ1) is 9.34. The van der Waals surface area contributed by atoms with Crippen molar-refractivity contribution in [2.75, 3.05) is 10.2 Å². The standard InChI is InChI=1S/C14H12N4O/c19-14-11-15-17(12-7-3-1-4-8-12)18(16-14)13-9-5-2-6-10-13/h1-11H,(H,16,19). The highest BCUT2D eigenvalue weighted by atomic mass is 16.2. The van der Waals surface area contributed by atoms with Gasteiger partial charge in [-0.2, -0.15) is 15.3 Å². The van der Waals surface area contributed by atoms with E-state index in [1.807, 2.05) is 60.7 Å². The third kappa shape index (κ3) is 2.26. The number of carbonyl (C=O) groups is 1. The molecule has 0 saturated carbocycles. The number of hydrazine groups is 2. The molecule has 94 valence electrons. The lowest BCUT2D eigenvalue weighted by atomic mass is 10.3. The zero-order chi connectivity index (χ0) is 13.1. The highest BCUT2D eigenvalue weighted by Crippen LogP contribution is 2.22. The van der Waals surface area contributed by atoms with Crippen LogP contribution in [0.5, 0.6) is 0 Å². The molecule has 0 fully saturated rings. The van der Waals surface area contributed by atoms with Gasteiger partial charge in [0.1, 0.15) is 6.21 Å². The fraction of sp³-hybridized carbons (Fsp3) is 0. The fourth-order valence-corrected chi connectivity index (χ4v) is 1.83. The highest BCUT2D eigenvalue weighted by Gasteiger charge is 2.21. The summed E-state index contributed by atoms with van der Waals surface area (Å²) in [6.07, 6.45) is 1.26. The van der Waals surface area contributed by atoms with Crippen molar-refractivity contribution in [3.05, 3.63) is 60.7 Å². The van der Waals surface area contributed by atoms with Crippen LogP contribution in [0, 0.1) is 0 Å². The summed E-state index contributed by atoms with van der Waals surface area (Å²) in [6.45, 7) is 0. The number of rotatable bonds is 2. The molecular weight excluding hydrogens is 240 g/mol. The van der Waals surface area contributed by atoms with Crippen LogP contribution in [-0.2, 0) is 4.79 Å². The Morgan fingerprint density at radius 3 is 2.05 bits per heavy atom. The number of benzene rings is 2. The number of carbonyl (C=O) groups excluding carboxylic acids is 1. The molecule has 0 atom stereocenters. The third-order valence-electron chi connectivity index (χ3n) is 2.68. The van der Waals surface area contributed by atoms with Gasteiger partial charge >= 0.3 is 0 Å². The number of hydrazone groups is 1. The van der Waals surface area contributed by atoms with Gasteiger partial charge in [-0.3, -0.25) is 4.79 Å². The number of hydrogen-bond acceptors (Lipinski definition) is 4. The Labute approximate surface area is 110 Å². The summed E-state index contributed by atoms with van der Waals surface area (Å²) in [5.41, 5.74) is 4.45. The van der Waals surface area contributed by atoms with Crippen molar-refractivity contribution in [1.29, 1.82) is 0 Å². The summed E-state index contributed by atoms with van der Waals surface area (Å²) in [6, 6.07) is 19.2. The number of para-hydroxylation sites is 2. The van der Waals surface area contributed by atoms with E-state index in [0.717, 1.165) is 11.4 Å². The van der Waals surface area contributed by atoms with E-state index in [-0.39, 0.29) is 5.91 Å². The quantitative estimate of drug-likeness (QED) is 0.888. The second-order valence-corrected chi connectivity index (χ2v) is 3.99. The van der Waals surface area contributed by atoms with Crippen molar-refractivity contribution in [3.63, 3.8) is 0 Å². The first-order valence-electron chi connectivity index (χ1n) is 5.89. The number of nitrogens with one attached hydrogen (secondary N) is 1. The van der Waals surface area contributed by atoms with Crippen molar-refractivity contribution < 1.29 is 4.79 Å². The van der Waals surface area contributed by atoms with Gasteiger partial charge in [0.2, 0.25) is 0 Å². The Balaban J connectivity index is 2.01. The van der Waals surface area contributed by atoms with Crippen molar-refractivity contribution in [1.82, 2.24) is 5.43 Å². The molecule has 1 heterocycles. The van der Waals surface area contributed by atoms with Gasteiger partial charge in [0.15, 0.2) is 0 Å². The van der Waals surface area contributed by atoms with E-state index in [1.54, 1.807) is 10.2 Å². The summed E-state index contributed by atoms with van der Waals surface area (Å²) in [4.78, 5) is 11.5. The molecule has 2 aromatic rings. The Bertz CT molecular complexity index is 597. The minimum Gasteiger partial charge on any atom is -0.266 e. The molecule has 3 rings (SSSR count). The lowest BCUT2D eigenvalue weighted by Gasteiger charge is -2.35. The van der Waals surface area contributed by atoms with Crippen LogP contribution in [0.1, 0.15) is 0 Å². The van der Waals surface area contributed by atoms with Crippen LogP contribution in [0.15, 0.2) is 65.8 Å². The second kappa shape index (κ2) is 4.81. The SMILES string of the molecule is O=C1C=NN(c2ccccc2)N(c2ccccc2)N1. The summed E-state index contributed by atoms with van der Waals surface area (Å²) < 4.78 is 0. The highest BCUT2D eigenvalue weighted by molar-refractivity contribution is 6.27. The Morgan fingerprint density at radius 2 is 1.42 bits per heavy atom. The van der Waals surface area contributed by atoms with E-state index in [4.69, 9.17) is 0 Å². The average molecular weight is 252 g/mol. The summed E-state index contributed by atoms with van der Waals surface area (Å²) in [7, 11) is 0. The lowest BCUT2D eigenvalue weighted by Crippen LogP contribution is -2.55. The molecule has 0 spiro atoms. The Hall–Kier alpha value is -2.82. The first-order valence-corrected chi connectivity index (χ1v) is 5.89. The van der Waals surface area contributed by atoms with Gasteiger partial charge in [-0.1, -0.05) is 36.4 Å². The summed E-state index contributed by atoms with van der Waals surface area (Å²) in [5, 5.41) is 7.41. The maximum absolute atomic E-state index is 11.5. The van der Waals surface area contributed by atoms with Gasteiger partial charge in [0, 0.05) is 0 Å². The van der Waals surface area contributed by atoms with Crippen LogP contribution >= 0.6 is 0 Å². The van der Waals surface area contributed by atoms with E-state index < -0.39 is 0 Å². The molecule has 1 aliphatic heterocycles.